The van der Waals surface area contributed by atoms with Crippen molar-refractivity contribution < 1.29 is 54.0 Å². The van der Waals surface area contributed by atoms with E-state index < -0.39 is 68.0 Å². The van der Waals surface area contributed by atoms with Crippen molar-refractivity contribution in [3.63, 3.8) is 0 Å². The van der Waals surface area contributed by atoms with Crippen LogP contribution in [0.3, 0.4) is 0 Å². The summed E-state index contributed by atoms with van der Waals surface area (Å²) in [5, 5.41) is 48.8. The molecule has 11 heteroatoms. The van der Waals surface area contributed by atoms with E-state index >= 15 is 0 Å². The maximum Gasteiger partial charge on any atom is 0.187 e. The van der Waals surface area contributed by atoms with E-state index in [0.29, 0.717) is 0 Å². The van der Waals surface area contributed by atoms with Crippen LogP contribution in [0, 0.1) is 0 Å². The number of ether oxygens (including phenoxy) is 6. The van der Waals surface area contributed by atoms with Crippen molar-refractivity contribution in [2.75, 3.05) is 34.5 Å². The highest BCUT2D eigenvalue weighted by atomic mass is 16.7. The third kappa shape index (κ3) is 4.34. The summed E-state index contributed by atoms with van der Waals surface area (Å²) >= 11 is 0. The van der Waals surface area contributed by atoms with Gasteiger partial charge in [0.05, 0.1) is 13.2 Å². The number of methoxy groups -OCH3 is 3. The van der Waals surface area contributed by atoms with Gasteiger partial charge in [0, 0.05) is 21.3 Å². The lowest BCUT2D eigenvalue weighted by Gasteiger charge is -2.30. The number of aliphatic hydroxyl groups excluding tert-OH is 5. The zero-order valence-corrected chi connectivity index (χ0v) is 14.9. The van der Waals surface area contributed by atoms with E-state index in [0.717, 1.165) is 0 Å². The van der Waals surface area contributed by atoms with Gasteiger partial charge in [0.2, 0.25) is 0 Å². The van der Waals surface area contributed by atoms with Crippen molar-refractivity contribution in [2.45, 2.75) is 61.4 Å². The third-order valence-corrected chi connectivity index (χ3v) is 4.60. The predicted octanol–water partition coefficient (Wildman–Crippen LogP) is -3.43. The van der Waals surface area contributed by atoms with Crippen molar-refractivity contribution >= 4 is 0 Å². The molecule has 154 valence electrons. The van der Waals surface area contributed by atoms with E-state index in [2.05, 4.69) is 0 Å². The van der Waals surface area contributed by atoms with Crippen LogP contribution < -0.4 is 0 Å². The molecule has 0 saturated carbocycles. The molecular weight excluding hydrogens is 356 g/mol. The summed E-state index contributed by atoms with van der Waals surface area (Å²) < 4.78 is 32.1. The molecule has 0 amide bonds. The maximum absolute atomic E-state index is 10.1. The summed E-state index contributed by atoms with van der Waals surface area (Å²) in [6, 6.07) is 0. The molecule has 2 aliphatic heterocycles. The first-order valence-corrected chi connectivity index (χ1v) is 8.23. The normalized spacial score (nSPS) is 42.9. The second kappa shape index (κ2) is 9.66. The molecule has 0 aliphatic carbocycles. The Morgan fingerprint density at radius 1 is 0.923 bits per heavy atom. The topological polar surface area (TPSA) is 157 Å². The molecule has 0 bridgehead atoms. The molecule has 10 atom stereocenters. The minimum Gasteiger partial charge on any atom is -0.394 e. The second-order valence-electron chi connectivity index (χ2n) is 6.22. The van der Waals surface area contributed by atoms with Crippen molar-refractivity contribution in [1.82, 2.24) is 0 Å². The Balaban J connectivity index is 2.10. The van der Waals surface area contributed by atoms with Crippen LogP contribution in [-0.4, -0.2) is 121 Å². The lowest BCUT2D eigenvalue weighted by Crippen LogP contribution is -2.47. The van der Waals surface area contributed by atoms with E-state index in [9.17, 15) is 20.4 Å². The Labute approximate surface area is 150 Å². The lowest BCUT2D eigenvalue weighted by molar-refractivity contribution is -0.241. The smallest absolute Gasteiger partial charge is 0.187 e. The lowest BCUT2D eigenvalue weighted by atomic mass is 10.0. The Kier molecular flexibility index (Phi) is 8.12. The van der Waals surface area contributed by atoms with Gasteiger partial charge in [-0.05, 0) is 0 Å². The number of rotatable bonds is 9. The van der Waals surface area contributed by atoms with E-state index in [1.807, 2.05) is 0 Å². The van der Waals surface area contributed by atoms with Crippen LogP contribution in [0.15, 0.2) is 0 Å². The first-order chi connectivity index (χ1) is 12.4. The average Bonchev–Trinajstić information content (AvgIpc) is 3.11. The molecule has 0 aromatic rings. The molecule has 2 heterocycles. The van der Waals surface area contributed by atoms with Crippen LogP contribution in [0.4, 0.5) is 0 Å². The SMILES string of the molecule is COCC(O[C@@H]1O[C@H](C(O)CO)[C@H](O)[C@H]1O)[C@H]1O[C@@H](O)[C@H](OC)[C@H]1OC. The highest BCUT2D eigenvalue weighted by molar-refractivity contribution is 4.95. The van der Waals surface area contributed by atoms with Crippen LogP contribution in [0.1, 0.15) is 0 Å². The summed E-state index contributed by atoms with van der Waals surface area (Å²) in [5.41, 5.74) is 0. The molecule has 0 aromatic carbocycles. The summed E-state index contributed by atoms with van der Waals surface area (Å²) in [7, 11) is 4.25. The molecular formula is C15H28O11. The van der Waals surface area contributed by atoms with Crippen molar-refractivity contribution in [3.8, 4) is 0 Å². The second-order valence-corrected chi connectivity index (χ2v) is 6.22. The minimum atomic E-state index is -1.47. The van der Waals surface area contributed by atoms with Gasteiger partial charge < -0.3 is 54.0 Å². The summed E-state index contributed by atoms with van der Waals surface area (Å²) in [5.74, 6) is 0. The first kappa shape index (κ1) is 21.9. The monoisotopic (exact) mass is 384 g/mol. The van der Waals surface area contributed by atoms with Gasteiger partial charge in [-0.2, -0.15) is 0 Å². The van der Waals surface area contributed by atoms with E-state index in [-0.39, 0.29) is 6.61 Å². The Morgan fingerprint density at radius 2 is 1.58 bits per heavy atom. The molecule has 2 unspecified atom stereocenters. The van der Waals surface area contributed by atoms with E-state index in [1.165, 1.54) is 21.3 Å². The first-order valence-electron chi connectivity index (χ1n) is 8.23. The molecule has 2 rings (SSSR count). The molecule has 2 aliphatic rings. The van der Waals surface area contributed by atoms with E-state index in [1.54, 1.807) is 0 Å². The fourth-order valence-corrected chi connectivity index (χ4v) is 3.24. The number of hydrogen-bond donors (Lipinski definition) is 5. The van der Waals surface area contributed by atoms with E-state index in [4.69, 9.17) is 33.5 Å². The van der Waals surface area contributed by atoms with Crippen LogP contribution in [-0.2, 0) is 28.4 Å². The fraction of sp³-hybridized carbons (Fsp3) is 1.00. The van der Waals surface area contributed by atoms with Gasteiger partial charge in [0.15, 0.2) is 12.6 Å². The fourth-order valence-electron chi connectivity index (χ4n) is 3.24. The maximum atomic E-state index is 10.1. The quantitative estimate of drug-likeness (QED) is 0.269. The molecule has 0 aromatic heterocycles. The van der Waals surface area contributed by atoms with Crippen molar-refractivity contribution in [2.24, 2.45) is 0 Å². The Bertz CT molecular complexity index is 424. The van der Waals surface area contributed by atoms with Gasteiger partial charge in [0.25, 0.3) is 0 Å². The van der Waals surface area contributed by atoms with Crippen LogP contribution in [0.2, 0.25) is 0 Å². The van der Waals surface area contributed by atoms with Crippen LogP contribution >= 0.6 is 0 Å². The van der Waals surface area contributed by atoms with Crippen LogP contribution in [0.25, 0.3) is 0 Å². The molecule has 26 heavy (non-hydrogen) atoms. The van der Waals surface area contributed by atoms with Crippen molar-refractivity contribution in [1.29, 1.82) is 0 Å². The van der Waals surface area contributed by atoms with Gasteiger partial charge in [0.1, 0.15) is 48.8 Å². The Morgan fingerprint density at radius 3 is 2.12 bits per heavy atom. The number of aliphatic hydroxyl groups is 5. The largest absolute Gasteiger partial charge is 0.394 e. The van der Waals surface area contributed by atoms with Gasteiger partial charge in [-0.25, -0.2) is 0 Å². The summed E-state index contributed by atoms with van der Waals surface area (Å²) in [4.78, 5) is 0. The third-order valence-electron chi connectivity index (χ3n) is 4.60. The standard InChI is InChI=1S/C15H28O11/c1-21-5-7(11-12(22-2)13(23-3)14(20)25-11)24-15-9(19)8(18)10(26-15)6(17)4-16/h6-20H,4-5H2,1-3H3/t6?,7?,8-,9-,10-,11-,12+,13-,14-,15-/m1/s1. The van der Waals surface area contributed by atoms with Gasteiger partial charge in [-0.3, -0.25) is 0 Å². The molecule has 2 saturated heterocycles. The molecule has 0 radical (unpaired) electrons. The molecule has 5 N–H and O–H groups in total. The summed E-state index contributed by atoms with van der Waals surface area (Å²) in [6.45, 7) is -0.647. The molecule has 0 spiro atoms. The average molecular weight is 384 g/mol. The predicted molar refractivity (Wildman–Crippen MR) is 83.0 cm³/mol. The highest BCUT2D eigenvalue weighted by Crippen LogP contribution is 2.31. The van der Waals surface area contributed by atoms with Crippen LogP contribution in [0.5, 0.6) is 0 Å². The molecule has 11 nitrogen and oxygen atoms in total. The summed E-state index contributed by atoms with van der Waals surface area (Å²) in [6.07, 6.45) is -11.2. The number of hydrogen-bond acceptors (Lipinski definition) is 11. The van der Waals surface area contributed by atoms with Gasteiger partial charge >= 0.3 is 0 Å². The zero-order valence-electron chi connectivity index (χ0n) is 14.9. The highest BCUT2D eigenvalue weighted by Gasteiger charge is 2.52. The molecule has 2 fully saturated rings. The minimum absolute atomic E-state index is 0.00355. The van der Waals surface area contributed by atoms with Crippen molar-refractivity contribution in [3.05, 3.63) is 0 Å². The zero-order chi connectivity index (χ0) is 19.4. The van der Waals surface area contributed by atoms with Gasteiger partial charge in [-0.1, -0.05) is 0 Å². The Hall–Kier alpha value is -0.440. The van der Waals surface area contributed by atoms with Gasteiger partial charge in [-0.15, -0.1) is 0 Å².